The van der Waals surface area contributed by atoms with E-state index in [9.17, 15) is 17.6 Å². The molecule has 188 valence electrons. The van der Waals surface area contributed by atoms with E-state index in [1.807, 2.05) is 0 Å². The van der Waals surface area contributed by atoms with Gasteiger partial charge in [-0.2, -0.15) is 4.31 Å². The van der Waals surface area contributed by atoms with Gasteiger partial charge in [0.15, 0.2) is 0 Å². The molecule has 1 aliphatic rings. The predicted molar refractivity (Wildman–Crippen MR) is 132 cm³/mol. The van der Waals surface area contributed by atoms with Gasteiger partial charge in [0.1, 0.15) is 12.4 Å². The zero-order valence-electron chi connectivity index (χ0n) is 19.9. The molecule has 0 spiro atoms. The Morgan fingerprint density at radius 2 is 1.82 bits per heavy atom. The molecule has 1 heterocycles. The fourth-order valence-corrected chi connectivity index (χ4v) is 6.65. The standard InChI is InChI=1S/C24H34FN3O4S2/c1-27(2)24(22-5-4-16-33-22)18-6-10-20(11-7-18)26-23(29)17-32-15-14-28(3)34(30,31)21-12-8-19(25)9-13-21/h4-5,8-9,12-13,16,18,20,24H,6-7,10-11,14-15,17H2,1-3H3,(H,26,29). The average Bonchev–Trinajstić information content (AvgIpc) is 3.32. The molecule has 3 rings (SSSR count). The zero-order valence-corrected chi connectivity index (χ0v) is 21.6. The van der Waals surface area contributed by atoms with Crippen molar-refractivity contribution >= 4 is 27.3 Å². The van der Waals surface area contributed by atoms with Crippen LogP contribution >= 0.6 is 11.3 Å². The third kappa shape index (κ3) is 7.08. The SMILES string of the molecule is CN(C)C(c1cccs1)C1CCC(NC(=O)COCCN(C)S(=O)(=O)c2ccc(F)cc2)CC1. The number of rotatable bonds is 11. The molecule has 7 nitrogen and oxygen atoms in total. The lowest BCUT2D eigenvalue weighted by Gasteiger charge is -2.37. The number of amides is 1. The number of halogens is 1. The maximum Gasteiger partial charge on any atom is 0.246 e. The number of nitrogens with one attached hydrogen (secondary N) is 1. The number of nitrogens with zero attached hydrogens (tertiary/aromatic N) is 2. The molecule has 1 aromatic heterocycles. The molecule has 1 unspecified atom stereocenters. The van der Waals surface area contributed by atoms with Gasteiger partial charge in [0.25, 0.3) is 0 Å². The highest BCUT2D eigenvalue weighted by Crippen LogP contribution is 2.39. The fourth-order valence-electron chi connectivity index (χ4n) is 4.48. The van der Waals surface area contributed by atoms with Gasteiger partial charge < -0.3 is 15.0 Å². The number of carbonyl (C=O) groups excluding carboxylic acids is 1. The number of hydrogen-bond acceptors (Lipinski definition) is 6. The molecule has 34 heavy (non-hydrogen) atoms. The molecule has 1 amide bonds. The van der Waals surface area contributed by atoms with Crippen LogP contribution in [0.4, 0.5) is 4.39 Å². The molecular weight excluding hydrogens is 477 g/mol. The van der Waals surface area contributed by atoms with E-state index < -0.39 is 15.8 Å². The van der Waals surface area contributed by atoms with E-state index in [2.05, 4.69) is 41.8 Å². The summed E-state index contributed by atoms with van der Waals surface area (Å²) in [7, 11) is 1.94. The number of thiophene rings is 1. The van der Waals surface area contributed by atoms with E-state index in [1.54, 1.807) is 11.3 Å². The largest absolute Gasteiger partial charge is 0.370 e. The van der Waals surface area contributed by atoms with Gasteiger partial charge in [0.2, 0.25) is 15.9 Å². The number of benzene rings is 1. The van der Waals surface area contributed by atoms with Crippen molar-refractivity contribution in [1.29, 1.82) is 0 Å². The Morgan fingerprint density at radius 3 is 2.41 bits per heavy atom. The summed E-state index contributed by atoms with van der Waals surface area (Å²) in [6, 6.07) is 9.51. The minimum absolute atomic E-state index is 0.0142. The van der Waals surface area contributed by atoms with E-state index in [0.29, 0.717) is 12.0 Å². The molecule has 1 aliphatic carbocycles. The van der Waals surface area contributed by atoms with Crippen LogP contribution in [0, 0.1) is 11.7 Å². The maximum atomic E-state index is 13.0. The van der Waals surface area contributed by atoms with Gasteiger partial charge in [0.05, 0.1) is 11.5 Å². The van der Waals surface area contributed by atoms with Gasteiger partial charge in [-0.05, 0) is 81.4 Å². The van der Waals surface area contributed by atoms with Gasteiger partial charge in [-0.15, -0.1) is 11.3 Å². The Kier molecular flexibility index (Phi) is 9.61. The van der Waals surface area contributed by atoms with Crippen molar-refractivity contribution in [2.45, 2.75) is 42.7 Å². The highest BCUT2D eigenvalue weighted by Gasteiger charge is 2.31. The Labute approximate surface area is 206 Å². The molecule has 0 saturated heterocycles. The van der Waals surface area contributed by atoms with Crippen LogP contribution in [0.1, 0.15) is 36.6 Å². The first kappa shape index (κ1) is 26.7. The fraction of sp³-hybridized carbons (Fsp3) is 0.542. The van der Waals surface area contributed by atoms with E-state index in [-0.39, 0.29) is 36.6 Å². The van der Waals surface area contributed by atoms with Crippen LogP contribution in [-0.2, 0) is 19.6 Å². The quantitative estimate of drug-likeness (QED) is 0.467. The second kappa shape index (κ2) is 12.2. The predicted octanol–water partition coefficient (Wildman–Crippen LogP) is 3.50. The lowest BCUT2D eigenvalue weighted by atomic mass is 9.80. The smallest absolute Gasteiger partial charge is 0.246 e. The van der Waals surface area contributed by atoms with Crippen LogP contribution in [-0.4, -0.2) is 70.5 Å². The van der Waals surface area contributed by atoms with Crippen molar-refractivity contribution in [3.8, 4) is 0 Å². The summed E-state index contributed by atoms with van der Waals surface area (Å²) in [5.74, 6) is -0.115. The number of hydrogen-bond donors (Lipinski definition) is 1. The normalized spacial score (nSPS) is 19.9. The first-order valence-electron chi connectivity index (χ1n) is 11.5. The lowest BCUT2D eigenvalue weighted by Crippen LogP contribution is -2.41. The molecule has 10 heteroatoms. The van der Waals surface area contributed by atoms with Gasteiger partial charge in [-0.25, -0.2) is 12.8 Å². The summed E-state index contributed by atoms with van der Waals surface area (Å²) >= 11 is 1.79. The van der Waals surface area contributed by atoms with Crippen LogP contribution < -0.4 is 5.32 Å². The Morgan fingerprint density at radius 1 is 1.15 bits per heavy atom. The number of likely N-dealkylation sites (N-methyl/N-ethyl adjacent to an activating group) is 1. The van der Waals surface area contributed by atoms with Crippen LogP contribution in [0.15, 0.2) is 46.7 Å². The van der Waals surface area contributed by atoms with Crippen molar-refractivity contribution in [2.75, 3.05) is 40.9 Å². The Balaban J connectivity index is 1.37. The lowest BCUT2D eigenvalue weighted by molar-refractivity contribution is -0.126. The summed E-state index contributed by atoms with van der Waals surface area (Å²) in [5.41, 5.74) is 0. The molecular formula is C24H34FN3O4S2. The van der Waals surface area contributed by atoms with Gasteiger partial charge >= 0.3 is 0 Å². The van der Waals surface area contributed by atoms with E-state index in [0.717, 1.165) is 42.1 Å². The zero-order chi connectivity index (χ0) is 24.7. The molecule has 0 bridgehead atoms. The third-order valence-electron chi connectivity index (χ3n) is 6.28. The average molecular weight is 512 g/mol. The maximum absolute atomic E-state index is 13.0. The molecule has 0 aliphatic heterocycles. The van der Waals surface area contributed by atoms with Crippen LogP contribution in [0.25, 0.3) is 0 Å². The monoisotopic (exact) mass is 511 g/mol. The molecule has 1 fully saturated rings. The van der Waals surface area contributed by atoms with Crippen LogP contribution in [0.2, 0.25) is 0 Å². The molecule has 1 N–H and O–H groups in total. The van der Waals surface area contributed by atoms with Crippen molar-refractivity contribution in [2.24, 2.45) is 5.92 Å². The van der Waals surface area contributed by atoms with Crippen molar-refractivity contribution < 1.29 is 22.3 Å². The second-order valence-electron chi connectivity index (χ2n) is 8.94. The summed E-state index contributed by atoms with van der Waals surface area (Å²) in [6.07, 6.45) is 3.98. The number of ether oxygens (including phenoxy) is 1. The van der Waals surface area contributed by atoms with Crippen molar-refractivity contribution in [3.63, 3.8) is 0 Å². The molecule has 1 saturated carbocycles. The third-order valence-corrected chi connectivity index (χ3v) is 9.09. The molecule has 1 aromatic carbocycles. The van der Waals surface area contributed by atoms with Crippen LogP contribution in [0.3, 0.4) is 0 Å². The first-order chi connectivity index (χ1) is 16.2. The van der Waals surface area contributed by atoms with Gasteiger partial charge in [0, 0.05) is 30.6 Å². The topological polar surface area (TPSA) is 79.0 Å². The number of carbonyl (C=O) groups is 1. The van der Waals surface area contributed by atoms with Crippen molar-refractivity contribution in [1.82, 2.24) is 14.5 Å². The van der Waals surface area contributed by atoms with E-state index >= 15 is 0 Å². The van der Waals surface area contributed by atoms with E-state index in [1.165, 1.54) is 24.1 Å². The van der Waals surface area contributed by atoms with E-state index in [4.69, 9.17) is 4.74 Å². The summed E-state index contributed by atoms with van der Waals surface area (Å²) in [5, 5.41) is 5.17. The molecule has 0 radical (unpaired) electrons. The molecule has 1 atom stereocenters. The summed E-state index contributed by atoms with van der Waals surface area (Å²) in [6.45, 7) is 0.0645. The second-order valence-corrected chi connectivity index (χ2v) is 12.0. The van der Waals surface area contributed by atoms with Crippen LogP contribution in [0.5, 0.6) is 0 Å². The first-order valence-corrected chi connectivity index (χ1v) is 13.8. The number of sulfonamides is 1. The van der Waals surface area contributed by atoms with Gasteiger partial charge in [-0.1, -0.05) is 6.07 Å². The molecule has 2 aromatic rings. The minimum atomic E-state index is -3.73. The van der Waals surface area contributed by atoms with Crippen molar-refractivity contribution in [3.05, 3.63) is 52.5 Å². The summed E-state index contributed by atoms with van der Waals surface area (Å²) in [4.78, 5) is 16.0. The Hall–Kier alpha value is -1.85. The highest BCUT2D eigenvalue weighted by atomic mass is 32.2. The minimum Gasteiger partial charge on any atom is -0.370 e. The van der Waals surface area contributed by atoms with Gasteiger partial charge in [-0.3, -0.25) is 4.79 Å². The Bertz CT molecular complexity index is 1010. The highest BCUT2D eigenvalue weighted by molar-refractivity contribution is 7.89. The summed E-state index contributed by atoms with van der Waals surface area (Å²) < 4.78 is 44.6.